The number of benzene rings is 2. The Morgan fingerprint density at radius 1 is 1.08 bits per heavy atom. The van der Waals surface area contributed by atoms with Crippen LogP contribution < -0.4 is 14.8 Å². The van der Waals surface area contributed by atoms with Gasteiger partial charge in [0.2, 0.25) is 0 Å². The molecule has 7 heteroatoms. The van der Waals surface area contributed by atoms with Gasteiger partial charge in [0.1, 0.15) is 0 Å². The molecule has 1 N–H and O–H groups in total. The number of methoxy groups -OCH3 is 1. The normalized spacial score (nSPS) is 10.9. The van der Waals surface area contributed by atoms with Gasteiger partial charge in [-0.15, -0.1) is 0 Å². The van der Waals surface area contributed by atoms with Gasteiger partial charge in [0.05, 0.1) is 7.11 Å². The summed E-state index contributed by atoms with van der Waals surface area (Å²) in [5.41, 5.74) is 2.58. The molecule has 0 bridgehead atoms. The Morgan fingerprint density at radius 3 is 2.27 bits per heavy atom. The van der Waals surface area contributed by atoms with E-state index >= 15 is 0 Å². The molecule has 0 saturated heterocycles. The van der Waals surface area contributed by atoms with Crippen LogP contribution in [0.4, 0.5) is 8.78 Å². The Morgan fingerprint density at radius 2 is 1.69 bits per heavy atom. The summed E-state index contributed by atoms with van der Waals surface area (Å²) < 4.78 is 34.3. The van der Waals surface area contributed by atoms with Crippen LogP contribution in [-0.4, -0.2) is 38.6 Å². The van der Waals surface area contributed by atoms with Crippen LogP contribution in [0.2, 0.25) is 0 Å². The highest BCUT2D eigenvalue weighted by molar-refractivity contribution is 5.93. The van der Waals surface area contributed by atoms with Crippen LogP contribution in [0.25, 0.3) is 0 Å². The van der Waals surface area contributed by atoms with Gasteiger partial charge in [-0.25, -0.2) is 0 Å². The average molecular weight is 364 g/mol. The van der Waals surface area contributed by atoms with Crippen molar-refractivity contribution in [2.75, 3.05) is 21.2 Å². The number of alkyl halides is 2. The van der Waals surface area contributed by atoms with E-state index in [1.807, 2.05) is 19.2 Å². The lowest BCUT2D eigenvalue weighted by atomic mass is 10.1. The topological polar surface area (TPSA) is 50.8 Å². The van der Waals surface area contributed by atoms with Crippen molar-refractivity contribution >= 4 is 5.91 Å². The fourth-order valence-electron chi connectivity index (χ4n) is 2.59. The third-order valence-corrected chi connectivity index (χ3v) is 3.79. The largest absolute Gasteiger partial charge is 0.493 e. The van der Waals surface area contributed by atoms with E-state index < -0.39 is 6.61 Å². The highest BCUT2D eigenvalue weighted by atomic mass is 19.3. The van der Waals surface area contributed by atoms with Gasteiger partial charge in [0, 0.05) is 25.7 Å². The molecule has 0 unspecified atom stereocenters. The predicted molar refractivity (Wildman–Crippen MR) is 94.6 cm³/mol. The van der Waals surface area contributed by atoms with Crippen molar-refractivity contribution in [1.82, 2.24) is 10.2 Å². The molecule has 0 aliphatic heterocycles. The summed E-state index contributed by atoms with van der Waals surface area (Å²) >= 11 is 0. The van der Waals surface area contributed by atoms with Gasteiger partial charge in [-0.05, 0) is 42.4 Å². The highest BCUT2D eigenvalue weighted by Crippen LogP contribution is 2.29. The summed E-state index contributed by atoms with van der Waals surface area (Å²) in [6, 6.07) is 12.3. The van der Waals surface area contributed by atoms with Crippen molar-refractivity contribution in [3.05, 3.63) is 59.2 Å². The maximum Gasteiger partial charge on any atom is 0.387 e. The van der Waals surface area contributed by atoms with E-state index in [0.717, 1.165) is 11.1 Å². The number of nitrogens with zero attached hydrogens (tertiary/aromatic N) is 1. The van der Waals surface area contributed by atoms with E-state index in [0.29, 0.717) is 18.7 Å². The van der Waals surface area contributed by atoms with Crippen molar-refractivity contribution in [2.45, 2.75) is 19.7 Å². The first-order valence-electron chi connectivity index (χ1n) is 8.04. The summed E-state index contributed by atoms with van der Waals surface area (Å²) in [6.07, 6.45) is 0. The minimum Gasteiger partial charge on any atom is -0.493 e. The summed E-state index contributed by atoms with van der Waals surface area (Å²) in [5, 5.41) is 2.58. The number of ether oxygens (including phenoxy) is 2. The smallest absolute Gasteiger partial charge is 0.387 e. The molecule has 0 radical (unpaired) electrons. The SMILES string of the molecule is CNC(=O)c1ccc(CN(C)Cc2ccc(OC(F)F)c(OC)c2)cc1. The van der Waals surface area contributed by atoms with Crippen molar-refractivity contribution in [3.63, 3.8) is 0 Å². The molecule has 1 amide bonds. The highest BCUT2D eigenvalue weighted by Gasteiger charge is 2.12. The standard InChI is InChI=1S/C19H22F2N2O3/c1-22-18(24)15-7-4-13(5-8-15)11-23(2)12-14-6-9-16(26-19(20)21)17(10-14)25-3/h4-10,19H,11-12H2,1-3H3,(H,22,24). The molecule has 140 valence electrons. The molecule has 5 nitrogen and oxygen atoms in total. The number of hydrogen-bond donors (Lipinski definition) is 1. The van der Waals surface area contributed by atoms with Gasteiger partial charge in [-0.1, -0.05) is 18.2 Å². The molecule has 0 spiro atoms. The maximum absolute atomic E-state index is 12.4. The second kappa shape index (κ2) is 9.15. The third-order valence-electron chi connectivity index (χ3n) is 3.79. The number of hydrogen-bond acceptors (Lipinski definition) is 4. The van der Waals surface area contributed by atoms with E-state index in [9.17, 15) is 13.6 Å². The summed E-state index contributed by atoms with van der Waals surface area (Å²) in [5.74, 6) is 0.160. The fourth-order valence-corrected chi connectivity index (χ4v) is 2.59. The average Bonchev–Trinajstić information content (AvgIpc) is 2.62. The molecule has 2 rings (SSSR count). The molecular formula is C19H22F2N2O3. The van der Waals surface area contributed by atoms with E-state index in [1.54, 1.807) is 31.3 Å². The number of nitrogens with one attached hydrogen (secondary N) is 1. The molecule has 0 fully saturated rings. The molecule has 0 aromatic heterocycles. The molecule has 26 heavy (non-hydrogen) atoms. The first kappa shape index (κ1) is 19.7. The van der Waals surface area contributed by atoms with Gasteiger partial charge >= 0.3 is 6.61 Å². The minimum atomic E-state index is -2.89. The van der Waals surface area contributed by atoms with Crippen LogP contribution in [0.15, 0.2) is 42.5 Å². The Labute approximate surface area is 151 Å². The quantitative estimate of drug-likeness (QED) is 0.781. The summed E-state index contributed by atoms with van der Waals surface area (Å²) in [7, 11) is 4.95. The van der Waals surface area contributed by atoms with Gasteiger partial charge in [0.25, 0.3) is 5.91 Å². The molecule has 0 saturated carbocycles. The third kappa shape index (κ3) is 5.42. The van der Waals surface area contributed by atoms with Crippen molar-refractivity contribution < 1.29 is 23.0 Å². The molecule has 2 aromatic carbocycles. The van der Waals surface area contributed by atoms with Crippen LogP contribution in [0, 0.1) is 0 Å². The summed E-state index contributed by atoms with van der Waals surface area (Å²) in [6.45, 7) is -1.62. The zero-order valence-corrected chi connectivity index (χ0v) is 15.0. The van der Waals surface area contributed by atoms with Gasteiger partial charge < -0.3 is 14.8 Å². The molecular weight excluding hydrogens is 342 g/mol. The monoisotopic (exact) mass is 364 g/mol. The molecule has 0 heterocycles. The summed E-state index contributed by atoms with van der Waals surface area (Å²) in [4.78, 5) is 13.6. The van der Waals surface area contributed by atoms with Crippen LogP contribution in [0.5, 0.6) is 11.5 Å². The number of amides is 1. The number of carbonyl (C=O) groups excluding carboxylic acids is 1. The minimum absolute atomic E-state index is 0.0127. The van der Waals surface area contributed by atoms with Gasteiger partial charge in [-0.2, -0.15) is 8.78 Å². The van der Waals surface area contributed by atoms with Crippen LogP contribution >= 0.6 is 0 Å². The maximum atomic E-state index is 12.4. The lowest BCUT2D eigenvalue weighted by Gasteiger charge is -2.18. The van der Waals surface area contributed by atoms with Crippen LogP contribution in [0.1, 0.15) is 21.5 Å². The molecule has 0 atom stereocenters. The molecule has 2 aromatic rings. The van der Waals surface area contributed by atoms with E-state index in [1.165, 1.54) is 13.2 Å². The van der Waals surface area contributed by atoms with Crippen molar-refractivity contribution in [2.24, 2.45) is 0 Å². The Kier molecular flexibility index (Phi) is 6.91. The van der Waals surface area contributed by atoms with Gasteiger partial charge in [0.15, 0.2) is 11.5 Å². The number of rotatable bonds is 8. The van der Waals surface area contributed by atoms with Gasteiger partial charge in [-0.3, -0.25) is 9.69 Å². The molecule has 0 aliphatic carbocycles. The lowest BCUT2D eigenvalue weighted by Crippen LogP contribution is -2.19. The Bertz CT molecular complexity index is 736. The number of carbonyl (C=O) groups is 1. The fraction of sp³-hybridized carbons (Fsp3) is 0.316. The second-order valence-corrected chi connectivity index (χ2v) is 5.81. The van der Waals surface area contributed by atoms with Crippen LogP contribution in [0.3, 0.4) is 0 Å². The first-order valence-corrected chi connectivity index (χ1v) is 8.04. The second-order valence-electron chi connectivity index (χ2n) is 5.81. The Balaban J connectivity index is 2.00. The first-order chi connectivity index (χ1) is 12.4. The van der Waals surface area contributed by atoms with E-state index in [2.05, 4.69) is 15.0 Å². The zero-order valence-electron chi connectivity index (χ0n) is 15.0. The zero-order chi connectivity index (χ0) is 19.1. The van der Waals surface area contributed by atoms with E-state index in [4.69, 9.17) is 4.74 Å². The lowest BCUT2D eigenvalue weighted by molar-refractivity contribution is -0.0512. The predicted octanol–water partition coefficient (Wildman–Crippen LogP) is 3.29. The molecule has 0 aliphatic rings. The van der Waals surface area contributed by atoms with Crippen molar-refractivity contribution in [3.8, 4) is 11.5 Å². The van der Waals surface area contributed by atoms with Crippen molar-refractivity contribution in [1.29, 1.82) is 0 Å². The number of halogens is 2. The van der Waals surface area contributed by atoms with E-state index in [-0.39, 0.29) is 17.4 Å². The van der Waals surface area contributed by atoms with Crippen LogP contribution in [-0.2, 0) is 13.1 Å². The Hall–Kier alpha value is -2.67.